The molecule has 0 aliphatic heterocycles. The SMILES string of the molecule is CCCNCCNC(=O)c1ccc(F)c(NS(C)(=O)=O)c1. The smallest absolute Gasteiger partial charge is 0.251 e. The van der Waals surface area contributed by atoms with Gasteiger partial charge in [0.2, 0.25) is 10.0 Å². The van der Waals surface area contributed by atoms with Crippen LogP contribution in [0.3, 0.4) is 0 Å². The van der Waals surface area contributed by atoms with Crippen molar-refractivity contribution in [2.75, 3.05) is 30.6 Å². The zero-order valence-electron chi connectivity index (χ0n) is 12.1. The number of nitrogens with one attached hydrogen (secondary N) is 3. The van der Waals surface area contributed by atoms with Crippen LogP contribution in [0.15, 0.2) is 18.2 Å². The Hall–Kier alpha value is -1.67. The molecule has 118 valence electrons. The van der Waals surface area contributed by atoms with Gasteiger partial charge in [0.15, 0.2) is 0 Å². The largest absolute Gasteiger partial charge is 0.351 e. The lowest BCUT2D eigenvalue weighted by molar-refractivity contribution is 0.0954. The minimum atomic E-state index is -3.60. The Kier molecular flexibility index (Phi) is 6.57. The van der Waals surface area contributed by atoms with E-state index in [1.54, 1.807) is 0 Å². The number of hydrogen-bond donors (Lipinski definition) is 3. The molecule has 0 fully saturated rings. The van der Waals surface area contributed by atoms with Gasteiger partial charge in [0.05, 0.1) is 11.9 Å². The maximum absolute atomic E-state index is 13.5. The van der Waals surface area contributed by atoms with Gasteiger partial charge >= 0.3 is 0 Å². The summed E-state index contributed by atoms with van der Waals surface area (Å²) in [4.78, 5) is 11.9. The van der Waals surface area contributed by atoms with Gasteiger partial charge in [-0.15, -0.1) is 0 Å². The molecular weight excluding hydrogens is 297 g/mol. The van der Waals surface area contributed by atoms with Crippen molar-refractivity contribution in [1.82, 2.24) is 10.6 Å². The van der Waals surface area contributed by atoms with Gasteiger partial charge in [-0.2, -0.15) is 0 Å². The molecule has 1 aromatic rings. The summed E-state index contributed by atoms with van der Waals surface area (Å²) in [5, 5.41) is 5.79. The summed E-state index contributed by atoms with van der Waals surface area (Å²) in [6.45, 7) is 3.98. The summed E-state index contributed by atoms with van der Waals surface area (Å²) in [6.07, 6.45) is 1.92. The monoisotopic (exact) mass is 317 g/mol. The molecule has 0 aliphatic rings. The number of halogens is 1. The molecule has 0 unspecified atom stereocenters. The van der Waals surface area contributed by atoms with Gasteiger partial charge < -0.3 is 10.6 Å². The Morgan fingerprint density at radius 1 is 1.24 bits per heavy atom. The van der Waals surface area contributed by atoms with Crippen LogP contribution in [0.1, 0.15) is 23.7 Å². The predicted molar refractivity (Wildman–Crippen MR) is 80.4 cm³/mol. The van der Waals surface area contributed by atoms with Crippen molar-refractivity contribution in [3.63, 3.8) is 0 Å². The number of carbonyl (C=O) groups is 1. The van der Waals surface area contributed by atoms with Gasteiger partial charge in [-0.25, -0.2) is 12.8 Å². The van der Waals surface area contributed by atoms with Gasteiger partial charge in [0.1, 0.15) is 5.82 Å². The van der Waals surface area contributed by atoms with Gasteiger partial charge in [-0.05, 0) is 31.2 Å². The molecule has 1 rings (SSSR count). The molecule has 0 aliphatic carbocycles. The number of carbonyl (C=O) groups excluding carboxylic acids is 1. The van der Waals surface area contributed by atoms with Crippen LogP contribution in [0.5, 0.6) is 0 Å². The lowest BCUT2D eigenvalue weighted by Gasteiger charge is -2.09. The summed E-state index contributed by atoms with van der Waals surface area (Å²) in [5.41, 5.74) is -0.0488. The predicted octanol–water partition coefficient (Wildman–Crippen LogP) is 0.927. The molecule has 8 heteroatoms. The lowest BCUT2D eigenvalue weighted by Crippen LogP contribution is -2.32. The summed E-state index contributed by atoms with van der Waals surface area (Å²) in [7, 11) is -3.60. The fourth-order valence-electron chi connectivity index (χ4n) is 1.61. The zero-order valence-corrected chi connectivity index (χ0v) is 12.9. The van der Waals surface area contributed by atoms with E-state index in [-0.39, 0.29) is 17.2 Å². The molecule has 1 amide bonds. The minimum Gasteiger partial charge on any atom is -0.351 e. The van der Waals surface area contributed by atoms with Crippen LogP contribution in [0, 0.1) is 5.82 Å². The van der Waals surface area contributed by atoms with Gasteiger partial charge in [0, 0.05) is 18.7 Å². The first-order valence-electron chi connectivity index (χ1n) is 6.59. The van der Waals surface area contributed by atoms with E-state index in [4.69, 9.17) is 0 Å². The van der Waals surface area contributed by atoms with E-state index in [0.29, 0.717) is 13.1 Å². The van der Waals surface area contributed by atoms with Crippen LogP contribution >= 0.6 is 0 Å². The van der Waals surface area contributed by atoms with E-state index < -0.39 is 15.8 Å². The molecule has 0 saturated carbocycles. The second-order valence-electron chi connectivity index (χ2n) is 4.57. The molecule has 0 aromatic heterocycles. The van der Waals surface area contributed by atoms with Crippen molar-refractivity contribution in [2.24, 2.45) is 0 Å². The van der Waals surface area contributed by atoms with Gasteiger partial charge in [-0.1, -0.05) is 6.92 Å². The Balaban J connectivity index is 2.66. The molecule has 21 heavy (non-hydrogen) atoms. The molecule has 0 bridgehead atoms. The van der Waals surface area contributed by atoms with E-state index in [2.05, 4.69) is 10.6 Å². The standard InChI is InChI=1S/C13H20FN3O3S/c1-3-6-15-7-8-16-13(18)10-4-5-11(14)12(9-10)17-21(2,19)20/h4-5,9,15,17H,3,6-8H2,1-2H3,(H,16,18). The van der Waals surface area contributed by atoms with E-state index in [9.17, 15) is 17.6 Å². The third-order valence-electron chi connectivity index (χ3n) is 2.54. The lowest BCUT2D eigenvalue weighted by atomic mass is 10.2. The highest BCUT2D eigenvalue weighted by atomic mass is 32.2. The maximum Gasteiger partial charge on any atom is 0.251 e. The fraction of sp³-hybridized carbons (Fsp3) is 0.462. The zero-order chi connectivity index (χ0) is 15.9. The highest BCUT2D eigenvalue weighted by molar-refractivity contribution is 7.92. The molecule has 3 N–H and O–H groups in total. The number of sulfonamides is 1. The fourth-order valence-corrected chi connectivity index (χ4v) is 2.17. The van der Waals surface area contributed by atoms with Crippen LogP contribution in [0.2, 0.25) is 0 Å². The van der Waals surface area contributed by atoms with E-state index in [0.717, 1.165) is 25.3 Å². The van der Waals surface area contributed by atoms with E-state index >= 15 is 0 Å². The second-order valence-corrected chi connectivity index (χ2v) is 6.32. The number of amides is 1. The number of hydrogen-bond acceptors (Lipinski definition) is 4. The van der Waals surface area contributed by atoms with Gasteiger partial charge in [0.25, 0.3) is 5.91 Å². The van der Waals surface area contributed by atoms with Crippen molar-refractivity contribution >= 4 is 21.6 Å². The van der Waals surface area contributed by atoms with Crippen molar-refractivity contribution in [2.45, 2.75) is 13.3 Å². The topological polar surface area (TPSA) is 87.3 Å². The Labute approximate surface area is 124 Å². The number of anilines is 1. The first kappa shape index (κ1) is 17.4. The molecule has 0 heterocycles. The van der Waals surface area contributed by atoms with E-state index in [1.165, 1.54) is 12.1 Å². The minimum absolute atomic E-state index is 0.193. The number of benzene rings is 1. The first-order valence-corrected chi connectivity index (χ1v) is 8.49. The molecule has 1 aromatic carbocycles. The summed E-state index contributed by atoms with van der Waals surface area (Å²) in [5.74, 6) is -1.12. The first-order chi connectivity index (χ1) is 9.83. The molecular formula is C13H20FN3O3S. The van der Waals surface area contributed by atoms with Crippen LogP contribution in [-0.2, 0) is 10.0 Å². The normalized spacial score (nSPS) is 11.2. The Bertz CT molecular complexity index is 590. The molecule has 0 atom stereocenters. The third kappa shape index (κ3) is 6.54. The second kappa shape index (κ2) is 7.94. The molecule has 0 radical (unpaired) electrons. The molecule has 0 spiro atoms. The van der Waals surface area contributed by atoms with Crippen LogP contribution < -0.4 is 15.4 Å². The van der Waals surface area contributed by atoms with Crippen LogP contribution in [0.25, 0.3) is 0 Å². The summed E-state index contributed by atoms with van der Waals surface area (Å²) in [6, 6.07) is 3.53. The summed E-state index contributed by atoms with van der Waals surface area (Å²) >= 11 is 0. The van der Waals surface area contributed by atoms with Gasteiger partial charge in [-0.3, -0.25) is 9.52 Å². The average Bonchev–Trinajstić information content (AvgIpc) is 2.39. The molecule has 6 nitrogen and oxygen atoms in total. The van der Waals surface area contributed by atoms with Crippen LogP contribution in [-0.4, -0.2) is 40.2 Å². The Morgan fingerprint density at radius 2 is 1.95 bits per heavy atom. The molecule has 0 saturated heterocycles. The van der Waals surface area contributed by atoms with Crippen LogP contribution in [0.4, 0.5) is 10.1 Å². The van der Waals surface area contributed by atoms with Crippen molar-refractivity contribution < 1.29 is 17.6 Å². The van der Waals surface area contributed by atoms with Crippen molar-refractivity contribution in [3.8, 4) is 0 Å². The highest BCUT2D eigenvalue weighted by Gasteiger charge is 2.12. The quantitative estimate of drug-likeness (QED) is 0.622. The highest BCUT2D eigenvalue weighted by Crippen LogP contribution is 2.17. The summed E-state index contributed by atoms with van der Waals surface area (Å²) < 4.78 is 37.8. The third-order valence-corrected chi connectivity index (χ3v) is 3.13. The van der Waals surface area contributed by atoms with Crippen molar-refractivity contribution in [3.05, 3.63) is 29.6 Å². The number of rotatable bonds is 8. The Morgan fingerprint density at radius 3 is 2.57 bits per heavy atom. The van der Waals surface area contributed by atoms with E-state index in [1.807, 2.05) is 11.6 Å². The van der Waals surface area contributed by atoms with Crippen molar-refractivity contribution in [1.29, 1.82) is 0 Å². The maximum atomic E-state index is 13.5. The average molecular weight is 317 g/mol.